The second kappa shape index (κ2) is 3.47. The summed E-state index contributed by atoms with van der Waals surface area (Å²) in [7, 11) is 0. The van der Waals surface area contributed by atoms with Crippen LogP contribution < -0.4 is 0 Å². The molecule has 0 aromatic carbocycles. The van der Waals surface area contributed by atoms with Crippen LogP contribution in [0.1, 0.15) is 38.5 Å². The average Bonchev–Trinajstić information content (AvgIpc) is 2.03. The Kier molecular flexibility index (Phi) is 2.34. The number of rotatable bonds is 0. The highest BCUT2D eigenvalue weighted by molar-refractivity contribution is 5.21. The van der Waals surface area contributed by atoms with Crippen molar-refractivity contribution in [1.29, 1.82) is 0 Å². The van der Waals surface area contributed by atoms with E-state index in [0.717, 1.165) is 11.8 Å². The molecule has 0 saturated heterocycles. The first kappa shape index (κ1) is 8.10. The molecule has 2 aliphatic rings. The summed E-state index contributed by atoms with van der Waals surface area (Å²) in [6.45, 7) is 4.15. The van der Waals surface area contributed by atoms with Gasteiger partial charge in [-0.3, -0.25) is 0 Å². The first-order valence-corrected chi connectivity index (χ1v) is 5.23. The van der Waals surface area contributed by atoms with E-state index in [9.17, 15) is 0 Å². The van der Waals surface area contributed by atoms with Crippen LogP contribution in [-0.4, -0.2) is 0 Å². The Hall–Kier alpha value is -0.520. The minimum Gasteiger partial charge on any atom is -0.0956 e. The molecule has 0 aromatic heterocycles. The summed E-state index contributed by atoms with van der Waals surface area (Å²) < 4.78 is 0. The highest BCUT2D eigenvalue weighted by Crippen LogP contribution is 2.42. The third-order valence-electron chi connectivity index (χ3n) is 3.42. The molecule has 0 radical (unpaired) electrons. The van der Waals surface area contributed by atoms with Gasteiger partial charge in [-0.05, 0) is 43.9 Å². The molecule has 0 heteroatoms. The number of allylic oxidation sites excluding steroid dienone is 3. The Balaban J connectivity index is 2.03. The van der Waals surface area contributed by atoms with Crippen molar-refractivity contribution in [3.05, 3.63) is 24.3 Å². The summed E-state index contributed by atoms with van der Waals surface area (Å²) >= 11 is 0. The van der Waals surface area contributed by atoms with E-state index in [1.165, 1.54) is 44.1 Å². The molecule has 12 heavy (non-hydrogen) atoms. The van der Waals surface area contributed by atoms with Gasteiger partial charge in [-0.25, -0.2) is 0 Å². The van der Waals surface area contributed by atoms with Crippen LogP contribution in [0.25, 0.3) is 0 Å². The lowest BCUT2D eigenvalue weighted by molar-refractivity contribution is 0.200. The molecule has 2 unspecified atom stereocenters. The standard InChI is InChI=1S/C12H18/c1-10-6-4-2-3-5-7-11-8-9-12(10)11/h4,6,11-12H,1-3,5,7-9H2/b6-4+. The van der Waals surface area contributed by atoms with Crippen molar-refractivity contribution in [1.82, 2.24) is 0 Å². The van der Waals surface area contributed by atoms with Gasteiger partial charge >= 0.3 is 0 Å². The Bertz CT molecular complexity index is 200. The second-order valence-electron chi connectivity index (χ2n) is 4.21. The van der Waals surface area contributed by atoms with Crippen molar-refractivity contribution < 1.29 is 0 Å². The van der Waals surface area contributed by atoms with Crippen molar-refractivity contribution >= 4 is 0 Å². The Morgan fingerprint density at radius 3 is 2.83 bits per heavy atom. The Morgan fingerprint density at radius 2 is 2.08 bits per heavy atom. The summed E-state index contributed by atoms with van der Waals surface area (Å²) in [5, 5.41) is 0. The van der Waals surface area contributed by atoms with Gasteiger partial charge in [-0.15, -0.1) is 0 Å². The summed E-state index contributed by atoms with van der Waals surface area (Å²) in [6, 6.07) is 0. The van der Waals surface area contributed by atoms with Crippen LogP contribution in [0.4, 0.5) is 0 Å². The molecule has 0 N–H and O–H groups in total. The SMILES string of the molecule is C=C1/C=C/CCCCC2CCC12. The minimum atomic E-state index is 0.847. The third kappa shape index (κ3) is 1.48. The minimum absolute atomic E-state index is 0.847. The van der Waals surface area contributed by atoms with Gasteiger partial charge < -0.3 is 0 Å². The number of hydrogen-bond acceptors (Lipinski definition) is 0. The fraction of sp³-hybridized carbons (Fsp3) is 0.667. The summed E-state index contributed by atoms with van der Waals surface area (Å²) in [5.41, 5.74) is 1.40. The quantitative estimate of drug-likeness (QED) is 0.509. The molecule has 2 aliphatic carbocycles. The third-order valence-corrected chi connectivity index (χ3v) is 3.42. The second-order valence-corrected chi connectivity index (χ2v) is 4.21. The normalized spacial score (nSPS) is 38.5. The molecule has 66 valence electrons. The van der Waals surface area contributed by atoms with Gasteiger partial charge in [-0.1, -0.05) is 30.7 Å². The van der Waals surface area contributed by atoms with Crippen LogP contribution in [0, 0.1) is 11.8 Å². The molecule has 0 nitrogen and oxygen atoms in total. The maximum Gasteiger partial charge on any atom is -0.0139 e. The van der Waals surface area contributed by atoms with Crippen molar-refractivity contribution in [2.75, 3.05) is 0 Å². The van der Waals surface area contributed by atoms with Crippen LogP contribution in [0.3, 0.4) is 0 Å². The van der Waals surface area contributed by atoms with E-state index in [4.69, 9.17) is 0 Å². The molecular weight excluding hydrogens is 144 g/mol. The highest BCUT2D eigenvalue weighted by Gasteiger charge is 2.31. The fourth-order valence-corrected chi connectivity index (χ4v) is 2.43. The molecule has 0 aliphatic heterocycles. The van der Waals surface area contributed by atoms with Crippen molar-refractivity contribution in [2.24, 2.45) is 11.8 Å². The van der Waals surface area contributed by atoms with Crippen LogP contribution in [0.5, 0.6) is 0 Å². The van der Waals surface area contributed by atoms with Crippen LogP contribution in [0.2, 0.25) is 0 Å². The van der Waals surface area contributed by atoms with E-state index in [-0.39, 0.29) is 0 Å². The van der Waals surface area contributed by atoms with Gasteiger partial charge in [0, 0.05) is 0 Å². The van der Waals surface area contributed by atoms with E-state index in [2.05, 4.69) is 18.7 Å². The van der Waals surface area contributed by atoms with Gasteiger partial charge in [0.25, 0.3) is 0 Å². The summed E-state index contributed by atoms with van der Waals surface area (Å²) in [4.78, 5) is 0. The van der Waals surface area contributed by atoms with E-state index < -0.39 is 0 Å². The molecule has 1 saturated carbocycles. The molecule has 0 amide bonds. The lowest BCUT2D eigenvalue weighted by Crippen LogP contribution is -2.26. The average molecular weight is 162 g/mol. The van der Waals surface area contributed by atoms with Crippen molar-refractivity contribution in [3.63, 3.8) is 0 Å². The molecule has 0 aromatic rings. The van der Waals surface area contributed by atoms with Gasteiger partial charge in [0.05, 0.1) is 0 Å². The Morgan fingerprint density at radius 1 is 1.17 bits per heavy atom. The maximum atomic E-state index is 4.15. The van der Waals surface area contributed by atoms with Crippen LogP contribution in [0.15, 0.2) is 24.3 Å². The van der Waals surface area contributed by atoms with Crippen molar-refractivity contribution in [3.8, 4) is 0 Å². The first-order chi connectivity index (χ1) is 5.88. The fourth-order valence-electron chi connectivity index (χ4n) is 2.43. The summed E-state index contributed by atoms with van der Waals surface area (Å²) in [5.74, 6) is 1.83. The van der Waals surface area contributed by atoms with Gasteiger partial charge in [0.2, 0.25) is 0 Å². The molecular formula is C12H18. The van der Waals surface area contributed by atoms with Crippen LogP contribution >= 0.6 is 0 Å². The van der Waals surface area contributed by atoms with E-state index in [1.54, 1.807) is 0 Å². The van der Waals surface area contributed by atoms with Gasteiger partial charge in [0.15, 0.2) is 0 Å². The molecule has 1 fully saturated rings. The number of hydrogen-bond donors (Lipinski definition) is 0. The zero-order valence-corrected chi connectivity index (χ0v) is 7.76. The predicted octanol–water partition coefficient (Wildman–Crippen LogP) is 3.70. The van der Waals surface area contributed by atoms with E-state index in [1.807, 2.05) is 0 Å². The predicted molar refractivity (Wildman–Crippen MR) is 53.0 cm³/mol. The van der Waals surface area contributed by atoms with E-state index >= 15 is 0 Å². The lowest BCUT2D eigenvalue weighted by Gasteiger charge is -2.37. The van der Waals surface area contributed by atoms with E-state index in [0.29, 0.717) is 0 Å². The monoisotopic (exact) mass is 162 g/mol. The van der Waals surface area contributed by atoms with Crippen LogP contribution in [-0.2, 0) is 0 Å². The highest BCUT2D eigenvalue weighted by atomic mass is 14.4. The lowest BCUT2D eigenvalue weighted by atomic mass is 9.68. The molecule has 0 bridgehead atoms. The summed E-state index contributed by atoms with van der Waals surface area (Å²) in [6.07, 6.45) is 13.0. The molecule has 2 rings (SSSR count). The zero-order valence-electron chi connectivity index (χ0n) is 7.76. The number of fused-ring (bicyclic) bond motifs is 1. The topological polar surface area (TPSA) is 0 Å². The molecule has 2 atom stereocenters. The zero-order chi connectivity index (χ0) is 8.39. The first-order valence-electron chi connectivity index (χ1n) is 5.23. The van der Waals surface area contributed by atoms with Gasteiger partial charge in [0.1, 0.15) is 0 Å². The van der Waals surface area contributed by atoms with Gasteiger partial charge in [-0.2, -0.15) is 0 Å². The molecule has 0 spiro atoms. The smallest absolute Gasteiger partial charge is 0.0139 e. The molecule has 0 heterocycles. The Labute approximate surface area is 75.4 Å². The largest absolute Gasteiger partial charge is 0.0956 e. The van der Waals surface area contributed by atoms with Crippen molar-refractivity contribution in [2.45, 2.75) is 38.5 Å². The maximum absolute atomic E-state index is 4.15.